The SMILES string of the molecule is COCc1cc(CC(C)N)ccc1OC.Cl. The van der Waals surface area contributed by atoms with Crippen molar-refractivity contribution < 1.29 is 9.47 Å². The van der Waals surface area contributed by atoms with Crippen LogP contribution in [0.15, 0.2) is 18.2 Å². The van der Waals surface area contributed by atoms with Crippen LogP contribution in [0, 0.1) is 0 Å². The first-order chi connectivity index (χ1) is 7.17. The minimum Gasteiger partial charge on any atom is -0.496 e. The zero-order chi connectivity index (χ0) is 11.3. The fraction of sp³-hybridized carbons (Fsp3) is 0.500. The van der Waals surface area contributed by atoms with Crippen LogP contribution < -0.4 is 10.5 Å². The molecule has 0 amide bonds. The van der Waals surface area contributed by atoms with Gasteiger partial charge < -0.3 is 15.2 Å². The summed E-state index contributed by atoms with van der Waals surface area (Å²) in [6, 6.07) is 6.27. The fourth-order valence-corrected chi connectivity index (χ4v) is 1.60. The number of benzene rings is 1. The van der Waals surface area contributed by atoms with Gasteiger partial charge in [0.25, 0.3) is 0 Å². The largest absolute Gasteiger partial charge is 0.496 e. The lowest BCUT2D eigenvalue weighted by Crippen LogP contribution is -2.17. The van der Waals surface area contributed by atoms with Gasteiger partial charge in [-0.15, -0.1) is 12.4 Å². The van der Waals surface area contributed by atoms with Gasteiger partial charge in [-0.05, 0) is 31.0 Å². The summed E-state index contributed by atoms with van der Waals surface area (Å²) in [5, 5.41) is 0. The highest BCUT2D eigenvalue weighted by atomic mass is 35.5. The predicted octanol–water partition coefficient (Wildman–Crippen LogP) is 2.15. The molecule has 0 saturated heterocycles. The molecule has 1 rings (SSSR count). The third-order valence-electron chi connectivity index (χ3n) is 2.20. The van der Waals surface area contributed by atoms with E-state index in [9.17, 15) is 0 Å². The van der Waals surface area contributed by atoms with E-state index in [1.807, 2.05) is 19.1 Å². The van der Waals surface area contributed by atoms with Crippen LogP contribution in [-0.2, 0) is 17.8 Å². The van der Waals surface area contributed by atoms with Gasteiger partial charge in [-0.1, -0.05) is 6.07 Å². The van der Waals surface area contributed by atoms with E-state index in [-0.39, 0.29) is 18.4 Å². The molecule has 2 N–H and O–H groups in total. The molecule has 16 heavy (non-hydrogen) atoms. The van der Waals surface area contributed by atoms with Gasteiger partial charge in [0.05, 0.1) is 13.7 Å². The first-order valence-electron chi connectivity index (χ1n) is 5.07. The molecule has 1 atom stereocenters. The van der Waals surface area contributed by atoms with Crippen molar-refractivity contribution in [2.75, 3.05) is 14.2 Å². The van der Waals surface area contributed by atoms with Crippen LogP contribution in [0.3, 0.4) is 0 Å². The van der Waals surface area contributed by atoms with Gasteiger partial charge in [0.2, 0.25) is 0 Å². The summed E-state index contributed by atoms with van der Waals surface area (Å²) in [5.74, 6) is 0.866. The molecule has 1 aromatic carbocycles. The van der Waals surface area contributed by atoms with Gasteiger partial charge in [-0.3, -0.25) is 0 Å². The summed E-state index contributed by atoms with van der Waals surface area (Å²) < 4.78 is 10.4. The lowest BCUT2D eigenvalue weighted by Gasteiger charge is -2.11. The molecule has 4 heteroatoms. The topological polar surface area (TPSA) is 44.5 Å². The molecular weight excluding hydrogens is 226 g/mol. The number of rotatable bonds is 5. The molecule has 0 bridgehead atoms. The molecule has 0 aromatic heterocycles. The smallest absolute Gasteiger partial charge is 0.124 e. The molecule has 0 fully saturated rings. The molecule has 1 unspecified atom stereocenters. The first-order valence-corrected chi connectivity index (χ1v) is 5.07. The highest BCUT2D eigenvalue weighted by Gasteiger charge is 2.05. The zero-order valence-corrected chi connectivity index (χ0v) is 10.8. The third-order valence-corrected chi connectivity index (χ3v) is 2.20. The second kappa shape index (κ2) is 7.49. The van der Waals surface area contributed by atoms with E-state index >= 15 is 0 Å². The maximum atomic E-state index is 5.76. The van der Waals surface area contributed by atoms with Crippen molar-refractivity contribution in [1.29, 1.82) is 0 Å². The Morgan fingerprint density at radius 1 is 1.31 bits per heavy atom. The number of nitrogens with two attached hydrogens (primary N) is 1. The van der Waals surface area contributed by atoms with E-state index < -0.39 is 0 Å². The maximum absolute atomic E-state index is 5.76. The monoisotopic (exact) mass is 245 g/mol. The first kappa shape index (κ1) is 15.2. The highest BCUT2D eigenvalue weighted by Crippen LogP contribution is 2.21. The second-order valence-electron chi connectivity index (χ2n) is 3.76. The number of methoxy groups -OCH3 is 2. The molecule has 0 heterocycles. The average molecular weight is 246 g/mol. The molecule has 0 aliphatic rings. The molecule has 0 spiro atoms. The van der Waals surface area contributed by atoms with Gasteiger partial charge >= 0.3 is 0 Å². The normalized spacial score (nSPS) is 11.8. The van der Waals surface area contributed by atoms with Crippen LogP contribution in [-0.4, -0.2) is 20.3 Å². The molecule has 0 radical (unpaired) electrons. The Labute approximate surface area is 103 Å². The van der Waals surface area contributed by atoms with E-state index in [0.29, 0.717) is 6.61 Å². The van der Waals surface area contributed by atoms with E-state index in [0.717, 1.165) is 17.7 Å². The van der Waals surface area contributed by atoms with Gasteiger partial charge in [0.1, 0.15) is 5.75 Å². The fourth-order valence-electron chi connectivity index (χ4n) is 1.60. The Balaban J connectivity index is 0.00000225. The van der Waals surface area contributed by atoms with Crippen molar-refractivity contribution in [2.24, 2.45) is 5.73 Å². The van der Waals surface area contributed by atoms with Crippen LogP contribution in [0.4, 0.5) is 0 Å². The van der Waals surface area contributed by atoms with E-state index in [2.05, 4.69) is 6.07 Å². The minimum atomic E-state index is 0. The average Bonchev–Trinajstić information content (AvgIpc) is 2.18. The molecule has 92 valence electrons. The molecule has 0 saturated carbocycles. The van der Waals surface area contributed by atoms with Crippen molar-refractivity contribution in [2.45, 2.75) is 26.0 Å². The Bertz CT molecular complexity index is 316. The van der Waals surface area contributed by atoms with Crippen LogP contribution >= 0.6 is 12.4 Å². The van der Waals surface area contributed by atoms with E-state index in [1.165, 1.54) is 5.56 Å². The molecule has 1 aromatic rings. The summed E-state index contributed by atoms with van der Waals surface area (Å²) in [6.07, 6.45) is 0.876. The lowest BCUT2D eigenvalue weighted by atomic mass is 10.0. The van der Waals surface area contributed by atoms with Crippen LogP contribution in [0.5, 0.6) is 5.75 Å². The minimum absolute atomic E-state index is 0. The maximum Gasteiger partial charge on any atom is 0.124 e. The summed E-state index contributed by atoms with van der Waals surface area (Å²) in [4.78, 5) is 0. The Morgan fingerprint density at radius 3 is 2.50 bits per heavy atom. The number of hydrogen-bond acceptors (Lipinski definition) is 3. The predicted molar refractivity (Wildman–Crippen MR) is 68.3 cm³/mol. The lowest BCUT2D eigenvalue weighted by molar-refractivity contribution is 0.181. The molecule has 3 nitrogen and oxygen atoms in total. The van der Waals surface area contributed by atoms with Gasteiger partial charge in [0, 0.05) is 18.7 Å². The molecule has 0 aliphatic heterocycles. The van der Waals surface area contributed by atoms with Crippen molar-refractivity contribution in [3.63, 3.8) is 0 Å². The van der Waals surface area contributed by atoms with E-state index in [4.69, 9.17) is 15.2 Å². The molecular formula is C12H20ClNO2. The third kappa shape index (κ3) is 4.39. The molecule has 0 aliphatic carbocycles. The number of halogens is 1. The zero-order valence-electron chi connectivity index (χ0n) is 10.0. The summed E-state index contributed by atoms with van der Waals surface area (Å²) >= 11 is 0. The number of hydrogen-bond donors (Lipinski definition) is 1. The van der Waals surface area contributed by atoms with Gasteiger partial charge in [0.15, 0.2) is 0 Å². The van der Waals surface area contributed by atoms with Crippen molar-refractivity contribution in [3.8, 4) is 5.75 Å². The van der Waals surface area contributed by atoms with Crippen LogP contribution in [0.25, 0.3) is 0 Å². The second-order valence-corrected chi connectivity index (χ2v) is 3.76. The van der Waals surface area contributed by atoms with Gasteiger partial charge in [-0.2, -0.15) is 0 Å². The van der Waals surface area contributed by atoms with Crippen LogP contribution in [0.2, 0.25) is 0 Å². The van der Waals surface area contributed by atoms with Crippen LogP contribution in [0.1, 0.15) is 18.1 Å². The quantitative estimate of drug-likeness (QED) is 0.865. The summed E-state index contributed by atoms with van der Waals surface area (Å²) in [6.45, 7) is 2.57. The van der Waals surface area contributed by atoms with Gasteiger partial charge in [-0.25, -0.2) is 0 Å². The van der Waals surface area contributed by atoms with Crippen molar-refractivity contribution >= 4 is 12.4 Å². The Morgan fingerprint density at radius 2 is 2.00 bits per heavy atom. The highest BCUT2D eigenvalue weighted by molar-refractivity contribution is 5.85. The Kier molecular flexibility index (Phi) is 7.13. The number of ether oxygens (including phenoxy) is 2. The van der Waals surface area contributed by atoms with Crippen molar-refractivity contribution in [1.82, 2.24) is 0 Å². The summed E-state index contributed by atoms with van der Waals surface area (Å²) in [5.41, 5.74) is 8.04. The van der Waals surface area contributed by atoms with Crippen molar-refractivity contribution in [3.05, 3.63) is 29.3 Å². The van der Waals surface area contributed by atoms with E-state index in [1.54, 1.807) is 14.2 Å². The standard InChI is InChI=1S/C12H19NO2.ClH/c1-9(13)6-10-4-5-12(15-3)11(7-10)8-14-2;/h4-5,7,9H,6,8,13H2,1-3H3;1H. The summed E-state index contributed by atoms with van der Waals surface area (Å²) in [7, 11) is 3.34. The Hall–Kier alpha value is -0.770.